The van der Waals surface area contributed by atoms with Crippen molar-refractivity contribution >= 4 is 27.1 Å². The molecule has 2 aliphatic heterocycles. The summed E-state index contributed by atoms with van der Waals surface area (Å²) in [5.41, 5.74) is 1.27. The maximum Gasteiger partial charge on any atom is 0.329 e. The van der Waals surface area contributed by atoms with Crippen LogP contribution in [0.1, 0.15) is 70.3 Å². The lowest BCUT2D eigenvalue weighted by atomic mass is 9.87. The molecule has 228 valence electrons. The Morgan fingerprint density at radius 2 is 1.66 bits per heavy atom. The van der Waals surface area contributed by atoms with Crippen LogP contribution in [0.4, 0.5) is 0 Å². The van der Waals surface area contributed by atoms with Crippen molar-refractivity contribution in [1.82, 2.24) is 29.4 Å². The molecule has 5 N–H and O–H groups in total. The van der Waals surface area contributed by atoms with Crippen LogP contribution in [-0.2, 0) is 21.5 Å². The van der Waals surface area contributed by atoms with Crippen molar-refractivity contribution in [3.05, 3.63) is 34.7 Å². The number of nitrogens with zero attached hydrogens (tertiary/aromatic N) is 3. The van der Waals surface area contributed by atoms with Crippen LogP contribution >= 0.6 is 0 Å². The Hall–Kier alpha value is -2.25. The lowest BCUT2D eigenvalue weighted by Crippen LogP contribution is -2.53. The van der Waals surface area contributed by atoms with Crippen molar-refractivity contribution in [3.8, 4) is 0 Å². The van der Waals surface area contributed by atoms with Crippen LogP contribution in [0.25, 0.3) is 11.0 Å². The number of para-hydroxylation sites is 2. The van der Waals surface area contributed by atoms with Crippen molar-refractivity contribution in [2.75, 3.05) is 39.3 Å². The maximum atomic E-state index is 14.0. The first-order valence-electron chi connectivity index (χ1n) is 15.5. The highest BCUT2D eigenvalue weighted by atomic mass is 32.2. The SMILES string of the molecule is NS(=O)(=O)NCCn1c(=O)n([C@H]2CCN(CC3CCCCCCC3)C[C@@H]2C(=O)NC2CCNCC2)c2ccccc21. The number of carbonyl (C=O) groups excluding carboxylic acids is 1. The van der Waals surface area contributed by atoms with Crippen LogP contribution in [0.2, 0.25) is 0 Å². The lowest BCUT2D eigenvalue weighted by molar-refractivity contribution is -0.129. The first kappa shape index (κ1) is 30.2. The fourth-order valence-electron chi connectivity index (χ4n) is 7.17. The van der Waals surface area contributed by atoms with E-state index >= 15 is 0 Å². The van der Waals surface area contributed by atoms with E-state index in [1.54, 1.807) is 9.13 Å². The highest BCUT2D eigenvalue weighted by Gasteiger charge is 2.38. The van der Waals surface area contributed by atoms with Gasteiger partial charge < -0.3 is 15.5 Å². The molecule has 0 unspecified atom stereocenters. The van der Waals surface area contributed by atoms with Gasteiger partial charge in [0.25, 0.3) is 10.2 Å². The van der Waals surface area contributed by atoms with Crippen molar-refractivity contribution in [2.45, 2.75) is 82.8 Å². The molecule has 0 radical (unpaired) electrons. The zero-order valence-electron chi connectivity index (χ0n) is 24.1. The van der Waals surface area contributed by atoms with E-state index < -0.39 is 10.2 Å². The topological polar surface area (TPSA) is 143 Å². The van der Waals surface area contributed by atoms with E-state index in [9.17, 15) is 18.0 Å². The molecule has 1 amide bonds. The fraction of sp³-hybridized carbons (Fsp3) is 0.724. The number of piperidine rings is 2. The smallest absolute Gasteiger partial charge is 0.329 e. The summed E-state index contributed by atoms with van der Waals surface area (Å²) in [6, 6.07) is 7.43. The minimum Gasteiger partial charge on any atom is -0.353 e. The van der Waals surface area contributed by atoms with Gasteiger partial charge in [0.05, 0.1) is 23.0 Å². The highest BCUT2D eigenvalue weighted by Crippen LogP contribution is 2.33. The average molecular weight is 590 g/mol. The van der Waals surface area contributed by atoms with E-state index in [2.05, 4.69) is 20.3 Å². The molecular weight excluding hydrogens is 542 g/mol. The number of benzene rings is 1. The summed E-state index contributed by atoms with van der Waals surface area (Å²) in [6.45, 7) is 4.44. The number of fused-ring (bicyclic) bond motifs is 1. The minimum atomic E-state index is -3.87. The molecule has 3 fully saturated rings. The Labute approximate surface area is 243 Å². The number of nitrogens with one attached hydrogen (secondary N) is 3. The van der Waals surface area contributed by atoms with E-state index in [4.69, 9.17) is 5.14 Å². The molecule has 1 aromatic carbocycles. The van der Waals surface area contributed by atoms with Gasteiger partial charge in [0.1, 0.15) is 0 Å². The summed E-state index contributed by atoms with van der Waals surface area (Å²) >= 11 is 0. The molecule has 0 bridgehead atoms. The molecule has 5 rings (SSSR count). The molecule has 2 atom stereocenters. The predicted molar refractivity (Wildman–Crippen MR) is 161 cm³/mol. The van der Waals surface area contributed by atoms with E-state index in [1.165, 1.54) is 44.9 Å². The van der Waals surface area contributed by atoms with E-state index in [-0.39, 0.29) is 42.7 Å². The molecule has 1 aliphatic carbocycles. The van der Waals surface area contributed by atoms with Gasteiger partial charge in [-0.3, -0.25) is 13.9 Å². The second-order valence-electron chi connectivity index (χ2n) is 12.2. The fourth-order valence-corrected chi connectivity index (χ4v) is 7.55. The summed E-state index contributed by atoms with van der Waals surface area (Å²) < 4.78 is 28.5. The second kappa shape index (κ2) is 13.8. The van der Waals surface area contributed by atoms with Gasteiger partial charge in [-0.25, -0.2) is 14.7 Å². The Morgan fingerprint density at radius 3 is 2.37 bits per heavy atom. The molecular formula is C29H47N7O4S. The number of aromatic nitrogens is 2. The van der Waals surface area contributed by atoms with Crippen molar-refractivity contribution in [3.63, 3.8) is 0 Å². The molecule has 2 aromatic rings. The molecule has 3 heterocycles. The van der Waals surface area contributed by atoms with E-state index in [1.807, 2.05) is 24.3 Å². The Balaban J connectivity index is 1.41. The summed E-state index contributed by atoms with van der Waals surface area (Å²) in [7, 11) is -3.87. The van der Waals surface area contributed by atoms with Crippen LogP contribution in [-0.4, -0.2) is 73.7 Å². The predicted octanol–water partition coefficient (Wildman–Crippen LogP) is 1.69. The first-order chi connectivity index (χ1) is 19.8. The van der Waals surface area contributed by atoms with Crippen molar-refractivity contribution < 1.29 is 13.2 Å². The zero-order chi connectivity index (χ0) is 28.8. The Bertz CT molecular complexity index is 1330. The van der Waals surface area contributed by atoms with Gasteiger partial charge in [-0.15, -0.1) is 0 Å². The summed E-state index contributed by atoms with van der Waals surface area (Å²) in [5.74, 6) is 0.339. The normalized spacial score (nSPS) is 24.2. The Morgan fingerprint density at radius 1 is 0.976 bits per heavy atom. The Kier molecular flexibility index (Phi) is 10.2. The molecule has 11 nitrogen and oxygen atoms in total. The number of amides is 1. The maximum absolute atomic E-state index is 14.0. The van der Waals surface area contributed by atoms with E-state index in [0.29, 0.717) is 18.9 Å². The van der Waals surface area contributed by atoms with Gasteiger partial charge in [0.15, 0.2) is 0 Å². The van der Waals surface area contributed by atoms with Gasteiger partial charge in [0, 0.05) is 38.8 Å². The molecule has 0 spiro atoms. The quantitative estimate of drug-likeness (QED) is 0.351. The van der Waals surface area contributed by atoms with Crippen molar-refractivity contribution in [1.29, 1.82) is 0 Å². The summed E-state index contributed by atoms with van der Waals surface area (Å²) in [5, 5.41) is 11.8. The molecule has 1 aromatic heterocycles. The molecule has 12 heteroatoms. The number of imidazole rings is 1. The van der Waals surface area contributed by atoms with Crippen LogP contribution in [0.3, 0.4) is 0 Å². The van der Waals surface area contributed by atoms with Gasteiger partial charge in [-0.05, 0) is 63.2 Å². The first-order valence-corrected chi connectivity index (χ1v) is 17.1. The monoisotopic (exact) mass is 589 g/mol. The summed E-state index contributed by atoms with van der Waals surface area (Å²) in [4.78, 5) is 30.4. The molecule has 3 aliphatic rings. The standard InChI is InChI=1S/C29H47N7O4S/c30-41(39,40)32-17-19-35-26-10-6-7-11-27(26)36(29(35)38)25-14-18-34(20-22-8-4-2-1-3-5-9-22)21-24(25)28(37)33-23-12-15-31-16-13-23/h6-7,10-11,22-25,31-32H,1-5,8-9,12-21H2,(H,33,37)(H2,30,39,40)/t24-,25-/m0/s1. The lowest BCUT2D eigenvalue weighted by Gasteiger charge is -2.40. The summed E-state index contributed by atoms with van der Waals surface area (Å²) in [6.07, 6.45) is 11.6. The second-order valence-corrected chi connectivity index (χ2v) is 13.6. The highest BCUT2D eigenvalue weighted by molar-refractivity contribution is 7.87. The van der Waals surface area contributed by atoms with E-state index in [0.717, 1.165) is 50.1 Å². The number of hydrogen-bond acceptors (Lipinski definition) is 6. The van der Waals surface area contributed by atoms with Crippen LogP contribution in [0.5, 0.6) is 0 Å². The molecule has 1 saturated carbocycles. The number of likely N-dealkylation sites (tertiary alicyclic amines) is 1. The molecule has 41 heavy (non-hydrogen) atoms. The third kappa shape index (κ3) is 7.78. The zero-order valence-corrected chi connectivity index (χ0v) is 24.9. The van der Waals surface area contributed by atoms with Gasteiger partial charge in [0.2, 0.25) is 5.91 Å². The van der Waals surface area contributed by atoms with Crippen LogP contribution in [0.15, 0.2) is 29.1 Å². The van der Waals surface area contributed by atoms with Crippen LogP contribution < -0.4 is 26.2 Å². The average Bonchev–Trinajstić information content (AvgIpc) is 3.21. The third-order valence-electron chi connectivity index (χ3n) is 9.26. The van der Waals surface area contributed by atoms with Gasteiger partial charge in [-0.1, -0.05) is 44.2 Å². The minimum absolute atomic E-state index is 0.00616. The molecule has 2 saturated heterocycles. The number of hydrogen-bond donors (Lipinski definition) is 4. The number of rotatable bonds is 9. The van der Waals surface area contributed by atoms with Crippen LogP contribution in [0, 0.1) is 11.8 Å². The number of carbonyl (C=O) groups is 1. The van der Waals surface area contributed by atoms with Gasteiger partial charge in [-0.2, -0.15) is 8.42 Å². The van der Waals surface area contributed by atoms with Gasteiger partial charge >= 0.3 is 5.69 Å². The third-order valence-corrected chi connectivity index (χ3v) is 9.87. The van der Waals surface area contributed by atoms with Crippen molar-refractivity contribution in [2.24, 2.45) is 17.0 Å². The largest absolute Gasteiger partial charge is 0.353 e. The number of nitrogens with two attached hydrogens (primary N) is 1.